The summed E-state index contributed by atoms with van der Waals surface area (Å²) in [6.45, 7) is 2.86. The number of likely N-dealkylation sites (tertiary alicyclic amines) is 1. The highest BCUT2D eigenvalue weighted by atomic mass is 16.5. The molecular weight excluding hydrogens is 222 g/mol. The molecule has 6 heteroatoms. The molecule has 0 aromatic rings. The average Bonchev–Trinajstić information content (AvgIpc) is 2.36. The molecular formula is C11H23N3O3. The summed E-state index contributed by atoms with van der Waals surface area (Å²) in [5, 5.41) is 0. The number of carbonyl (C=O) groups excluding carboxylic acids is 1. The third kappa shape index (κ3) is 4.23. The molecule has 1 saturated heterocycles. The predicted octanol–water partition coefficient (Wildman–Crippen LogP) is -0.650. The van der Waals surface area contributed by atoms with Gasteiger partial charge in [0, 0.05) is 20.8 Å². The summed E-state index contributed by atoms with van der Waals surface area (Å²) in [5.74, 6) is 5.49. The standard InChI is InChI=1S/C11H23N3O3/c1-16-7-9-4-3-5-14(6-9)10(8-17-2)11(15)13-12/h9-10H,3-8,12H2,1-2H3,(H,13,15). The number of nitrogens with zero attached hydrogens (tertiary/aromatic N) is 1. The largest absolute Gasteiger partial charge is 0.384 e. The van der Waals surface area contributed by atoms with Crippen molar-refractivity contribution in [1.82, 2.24) is 10.3 Å². The second kappa shape index (κ2) is 7.60. The zero-order valence-corrected chi connectivity index (χ0v) is 10.6. The van der Waals surface area contributed by atoms with Crippen molar-refractivity contribution in [1.29, 1.82) is 0 Å². The van der Waals surface area contributed by atoms with E-state index in [1.54, 1.807) is 14.2 Å². The van der Waals surface area contributed by atoms with Gasteiger partial charge in [0.1, 0.15) is 6.04 Å². The summed E-state index contributed by atoms with van der Waals surface area (Å²) in [7, 11) is 3.30. The normalized spacial score (nSPS) is 23.4. The monoisotopic (exact) mass is 245 g/mol. The number of nitrogens with one attached hydrogen (secondary N) is 1. The number of nitrogens with two attached hydrogens (primary N) is 1. The zero-order valence-electron chi connectivity index (χ0n) is 10.6. The van der Waals surface area contributed by atoms with Crippen LogP contribution in [0.4, 0.5) is 0 Å². The van der Waals surface area contributed by atoms with Crippen molar-refractivity contribution in [3.8, 4) is 0 Å². The summed E-state index contributed by atoms with van der Waals surface area (Å²) in [5.41, 5.74) is 2.20. The number of ether oxygens (including phenoxy) is 2. The molecule has 17 heavy (non-hydrogen) atoms. The van der Waals surface area contributed by atoms with E-state index in [-0.39, 0.29) is 11.9 Å². The Morgan fingerprint density at radius 2 is 2.29 bits per heavy atom. The van der Waals surface area contributed by atoms with Crippen molar-refractivity contribution in [3.63, 3.8) is 0 Å². The van der Waals surface area contributed by atoms with Crippen molar-refractivity contribution in [2.75, 3.05) is 40.5 Å². The minimum atomic E-state index is -0.301. The lowest BCUT2D eigenvalue weighted by atomic mass is 9.97. The number of hydrogen-bond donors (Lipinski definition) is 2. The molecule has 1 fully saturated rings. The number of methoxy groups -OCH3 is 2. The van der Waals surface area contributed by atoms with Crippen molar-refractivity contribution in [2.24, 2.45) is 11.8 Å². The molecule has 1 aliphatic rings. The molecule has 0 aromatic heterocycles. The van der Waals surface area contributed by atoms with Crippen LogP contribution in [-0.2, 0) is 14.3 Å². The SMILES string of the molecule is COCC1CCCN(C(COC)C(=O)NN)C1. The van der Waals surface area contributed by atoms with E-state index in [9.17, 15) is 4.79 Å². The van der Waals surface area contributed by atoms with E-state index in [1.165, 1.54) is 0 Å². The molecule has 3 N–H and O–H groups in total. The van der Waals surface area contributed by atoms with Gasteiger partial charge in [-0.25, -0.2) is 5.84 Å². The van der Waals surface area contributed by atoms with Crippen molar-refractivity contribution < 1.29 is 14.3 Å². The Hall–Kier alpha value is -0.690. The first kappa shape index (κ1) is 14.4. The Kier molecular flexibility index (Phi) is 6.43. The van der Waals surface area contributed by atoms with Gasteiger partial charge in [-0.15, -0.1) is 0 Å². The van der Waals surface area contributed by atoms with Gasteiger partial charge in [0.25, 0.3) is 5.91 Å². The zero-order chi connectivity index (χ0) is 12.7. The minimum absolute atomic E-state index is 0.190. The van der Waals surface area contributed by atoms with E-state index in [2.05, 4.69) is 10.3 Å². The topological polar surface area (TPSA) is 76.8 Å². The number of hydrogen-bond acceptors (Lipinski definition) is 5. The molecule has 6 nitrogen and oxygen atoms in total. The second-order valence-electron chi connectivity index (χ2n) is 4.44. The van der Waals surface area contributed by atoms with Gasteiger partial charge in [-0.3, -0.25) is 15.1 Å². The number of carbonyl (C=O) groups is 1. The smallest absolute Gasteiger partial charge is 0.253 e. The summed E-state index contributed by atoms with van der Waals surface area (Å²) >= 11 is 0. The van der Waals surface area contributed by atoms with Crippen LogP contribution in [0, 0.1) is 5.92 Å². The highest BCUT2D eigenvalue weighted by Crippen LogP contribution is 2.19. The van der Waals surface area contributed by atoms with Crippen LogP contribution in [-0.4, -0.2) is 57.4 Å². The quantitative estimate of drug-likeness (QED) is 0.369. The van der Waals surface area contributed by atoms with E-state index < -0.39 is 0 Å². The van der Waals surface area contributed by atoms with Gasteiger partial charge in [-0.05, 0) is 25.3 Å². The highest BCUT2D eigenvalue weighted by molar-refractivity contribution is 5.81. The molecule has 0 aromatic carbocycles. The van der Waals surface area contributed by atoms with Gasteiger partial charge in [-0.2, -0.15) is 0 Å². The van der Waals surface area contributed by atoms with Gasteiger partial charge in [-0.1, -0.05) is 0 Å². The first-order chi connectivity index (χ1) is 8.22. The molecule has 0 spiro atoms. The van der Waals surface area contributed by atoms with Crippen LogP contribution < -0.4 is 11.3 Å². The van der Waals surface area contributed by atoms with Crippen molar-refractivity contribution >= 4 is 5.91 Å². The summed E-state index contributed by atoms with van der Waals surface area (Å²) in [6.07, 6.45) is 2.22. The van der Waals surface area contributed by atoms with Crippen molar-refractivity contribution in [3.05, 3.63) is 0 Å². The fourth-order valence-corrected chi connectivity index (χ4v) is 2.35. The van der Waals surface area contributed by atoms with Crippen LogP contribution in [0.2, 0.25) is 0 Å². The lowest BCUT2D eigenvalue weighted by Crippen LogP contribution is -2.54. The summed E-state index contributed by atoms with van der Waals surface area (Å²) in [4.78, 5) is 13.8. The Labute approximate surface area is 102 Å². The second-order valence-corrected chi connectivity index (χ2v) is 4.44. The lowest BCUT2D eigenvalue weighted by molar-refractivity contribution is -0.129. The predicted molar refractivity (Wildman–Crippen MR) is 64.2 cm³/mol. The number of rotatable bonds is 6. The average molecular weight is 245 g/mol. The number of hydrazine groups is 1. The first-order valence-electron chi connectivity index (χ1n) is 5.95. The highest BCUT2D eigenvalue weighted by Gasteiger charge is 2.30. The maximum Gasteiger partial charge on any atom is 0.253 e. The number of amides is 1. The van der Waals surface area contributed by atoms with Gasteiger partial charge in [0.15, 0.2) is 0 Å². The Morgan fingerprint density at radius 1 is 1.53 bits per heavy atom. The number of piperidine rings is 1. The van der Waals surface area contributed by atoms with E-state index in [4.69, 9.17) is 15.3 Å². The molecule has 0 aliphatic carbocycles. The Morgan fingerprint density at radius 3 is 2.88 bits per heavy atom. The van der Waals surface area contributed by atoms with Gasteiger partial charge < -0.3 is 9.47 Å². The van der Waals surface area contributed by atoms with E-state index in [1.807, 2.05) is 0 Å². The molecule has 0 saturated carbocycles. The summed E-state index contributed by atoms with van der Waals surface area (Å²) < 4.78 is 10.3. The molecule has 2 atom stereocenters. The van der Waals surface area contributed by atoms with Crippen LogP contribution in [0.15, 0.2) is 0 Å². The molecule has 0 bridgehead atoms. The third-order valence-corrected chi connectivity index (χ3v) is 3.16. The first-order valence-corrected chi connectivity index (χ1v) is 5.95. The van der Waals surface area contributed by atoms with Crippen LogP contribution in [0.1, 0.15) is 12.8 Å². The van der Waals surface area contributed by atoms with Gasteiger partial charge >= 0.3 is 0 Å². The Balaban J connectivity index is 2.56. The lowest BCUT2D eigenvalue weighted by Gasteiger charge is -2.36. The molecule has 1 rings (SSSR count). The molecule has 1 amide bonds. The van der Waals surface area contributed by atoms with Crippen LogP contribution in [0.3, 0.4) is 0 Å². The van der Waals surface area contributed by atoms with Gasteiger partial charge in [0.2, 0.25) is 0 Å². The maximum absolute atomic E-state index is 11.7. The molecule has 1 heterocycles. The van der Waals surface area contributed by atoms with Crippen LogP contribution in [0.5, 0.6) is 0 Å². The minimum Gasteiger partial charge on any atom is -0.384 e. The summed E-state index contributed by atoms with van der Waals surface area (Å²) in [6, 6.07) is -0.301. The maximum atomic E-state index is 11.7. The molecule has 0 radical (unpaired) electrons. The van der Waals surface area contributed by atoms with E-state index in [0.717, 1.165) is 32.5 Å². The van der Waals surface area contributed by atoms with E-state index >= 15 is 0 Å². The molecule has 100 valence electrons. The van der Waals surface area contributed by atoms with E-state index in [0.29, 0.717) is 12.5 Å². The molecule has 1 aliphatic heterocycles. The van der Waals surface area contributed by atoms with Crippen LogP contribution >= 0.6 is 0 Å². The fraction of sp³-hybridized carbons (Fsp3) is 0.909. The Bertz CT molecular complexity index is 236. The van der Waals surface area contributed by atoms with Gasteiger partial charge in [0.05, 0.1) is 13.2 Å². The fourth-order valence-electron chi connectivity index (χ4n) is 2.35. The third-order valence-electron chi connectivity index (χ3n) is 3.16. The van der Waals surface area contributed by atoms with Crippen LogP contribution in [0.25, 0.3) is 0 Å². The van der Waals surface area contributed by atoms with Crippen molar-refractivity contribution in [2.45, 2.75) is 18.9 Å². The molecule has 2 unspecified atom stereocenters.